The largest absolute Gasteiger partial charge is 0.344 e. The number of allylic oxidation sites excluding steroid dienone is 4. The zero-order valence-electron chi connectivity index (χ0n) is 13.2. The van der Waals surface area contributed by atoms with Crippen LogP contribution in [-0.2, 0) is 0 Å². The molecule has 1 aromatic carbocycles. The Morgan fingerprint density at radius 2 is 1.90 bits per heavy atom. The van der Waals surface area contributed by atoms with Crippen LogP contribution >= 0.6 is 0 Å². The van der Waals surface area contributed by atoms with Crippen LogP contribution in [0, 0.1) is 0 Å². The number of aliphatic imine (C=N–C) groups is 2. The molecule has 0 heterocycles. The fraction of sp³-hybridized carbons (Fsp3) is 0.222. The van der Waals surface area contributed by atoms with E-state index in [2.05, 4.69) is 46.3 Å². The molecule has 0 amide bonds. The van der Waals surface area contributed by atoms with Crippen LogP contribution in [0.3, 0.4) is 0 Å². The van der Waals surface area contributed by atoms with Crippen molar-refractivity contribution in [3.05, 3.63) is 59.8 Å². The SMILES string of the molecule is C=N/C=C\C(=C/C)c1cccc(/C(=C/C)NC(C)=NC)c1. The third kappa shape index (κ3) is 4.88. The molecule has 3 heteroatoms. The lowest BCUT2D eigenvalue weighted by Crippen LogP contribution is -2.18. The van der Waals surface area contributed by atoms with Gasteiger partial charge in [0.05, 0.1) is 5.84 Å². The number of hydrogen-bond donors (Lipinski definition) is 1. The van der Waals surface area contributed by atoms with Crippen LogP contribution in [0.15, 0.2) is 58.7 Å². The summed E-state index contributed by atoms with van der Waals surface area (Å²) in [4.78, 5) is 7.90. The monoisotopic (exact) mass is 281 g/mol. The first-order valence-electron chi connectivity index (χ1n) is 6.92. The van der Waals surface area contributed by atoms with E-state index in [-0.39, 0.29) is 0 Å². The zero-order valence-corrected chi connectivity index (χ0v) is 13.2. The van der Waals surface area contributed by atoms with E-state index in [0.717, 1.165) is 28.2 Å². The van der Waals surface area contributed by atoms with Crippen LogP contribution in [0.2, 0.25) is 0 Å². The maximum absolute atomic E-state index is 4.14. The van der Waals surface area contributed by atoms with Gasteiger partial charge in [0, 0.05) is 18.9 Å². The zero-order chi connectivity index (χ0) is 15.7. The molecule has 1 rings (SSSR count). The average Bonchev–Trinajstić information content (AvgIpc) is 2.53. The van der Waals surface area contributed by atoms with Gasteiger partial charge in [-0.2, -0.15) is 0 Å². The highest BCUT2D eigenvalue weighted by Gasteiger charge is 2.04. The third-order valence-electron chi connectivity index (χ3n) is 3.12. The molecule has 0 atom stereocenters. The van der Waals surface area contributed by atoms with E-state index < -0.39 is 0 Å². The molecule has 3 nitrogen and oxygen atoms in total. The molecule has 0 spiro atoms. The molecule has 0 aliphatic carbocycles. The van der Waals surface area contributed by atoms with Gasteiger partial charge in [0.1, 0.15) is 0 Å². The summed E-state index contributed by atoms with van der Waals surface area (Å²) < 4.78 is 0. The second-order valence-electron chi connectivity index (χ2n) is 4.46. The van der Waals surface area contributed by atoms with Crippen molar-refractivity contribution in [3.8, 4) is 0 Å². The van der Waals surface area contributed by atoms with Gasteiger partial charge in [-0.15, -0.1) is 0 Å². The number of nitrogens with one attached hydrogen (secondary N) is 1. The van der Waals surface area contributed by atoms with Crippen LogP contribution < -0.4 is 5.32 Å². The van der Waals surface area contributed by atoms with Crippen molar-refractivity contribution in [1.29, 1.82) is 0 Å². The molecule has 1 N–H and O–H groups in total. The average molecular weight is 281 g/mol. The number of rotatable bonds is 5. The fourth-order valence-corrected chi connectivity index (χ4v) is 1.92. The lowest BCUT2D eigenvalue weighted by Gasteiger charge is -2.12. The molecule has 0 aliphatic rings. The van der Waals surface area contributed by atoms with Gasteiger partial charge < -0.3 is 5.32 Å². The van der Waals surface area contributed by atoms with Gasteiger partial charge in [0.2, 0.25) is 0 Å². The third-order valence-corrected chi connectivity index (χ3v) is 3.12. The first-order chi connectivity index (χ1) is 10.2. The first kappa shape index (κ1) is 16.6. The van der Waals surface area contributed by atoms with Crippen molar-refractivity contribution in [3.63, 3.8) is 0 Å². The van der Waals surface area contributed by atoms with Crippen molar-refractivity contribution in [2.75, 3.05) is 7.05 Å². The Morgan fingerprint density at radius 3 is 2.48 bits per heavy atom. The first-order valence-corrected chi connectivity index (χ1v) is 6.92. The highest BCUT2D eigenvalue weighted by Crippen LogP contribution is 2.20. The number of nitrogens with zero attached hydrogens (tertiary/aromatic N) is 2. The molecule has 110 valence electrons. The molecule has 0 unspecified atom stereocenters. The summed E-state index contributed by atoms with van der Waals surface area (Å²) in [7, 11) is 1.77. The van der Waals surface area contributed by atoms with Crippen molar-refractivity contribution >= 4 is 23.8 Å². The van der Waals surface area contributed by atoms with E-state index in [0.29, 0.717) is 0 Å². The van der Waals surface area contributed by atoms with Crippen LogP contribution in [0.25, 0.3) is 11.3 Å². The quantitative estimate of drug-likeness (QED) is 0.487. The van der Waals surface area contributed by atoms with Gasteiger partial charge in [0.15, 0.2) is 0 Å². The van der Waals surface area contributed by atoms with E-state index >= 15 is 0 Å². The minimum atomic E-state index is 0.885. The summed E-state index contributed by atoms with van der Waals surface area (Å²) in [6.45, 7) is 9.44. The van der Waals surface area contributed by atoms with Gasteiger partial charge in [-0.1, -0.05) is 30.4 Å². The highest BCUT2D eigenvalue weighted by atomic mass is 15.0. The van der Waals surface area contributed by atoms with E-state index in [1.807, 2.05) is 39.0 Å². The van der Waals surface area contributed by atoms with E-state index in [9.17, 15) is 0 Å². The standard InChI is InChI=1S/C18H23N3/c1-6-15(11-12-19-4)16-9-8-10-17(13-16)18(7-2)21-14(3)20-5/h6-13H,4H2,1-3,5H3,(H,20,21)/b12-11-,15-6+,18-7-. The molecule has 0 saturated heterocycles. The van der Waals surface area contributed by atoms with Crippen molar-refractivity contribution < 1.29 is 0 Å². The molecule has 0 aromatic heterocycles. The van der Waals surface area contributed by atoms with Gasteiger partial charge in [-0.25, -0.2) is 0 Å². The van der Waals surface area contributed by atoms with Gasteiger partial charge in [0.25, 0.3) is 0 Å². The molecule has 21 heavy (non-hydrogen) atoms. The van der Waals surface area contributed by atoms with Gasteiger partial charge >= 0.3 is 0 Å². The lowest BCUT2D eigenvalue weighted by atomic mass is 10.0. The van der Waals surface area contributed by atoms with E-state index in [1.165, 1.54) is 0 Å². The van der Waals surface area contributed by atoms with E-state index in [1.54, 1.807) is 13.2 Å². The second kappa shape index (κ2) is 8.69. The number of hydrogen-bond acceptors (Lipinski definition) is 2. The van der Waals surface area contributed by atoms with Crippen molar-refractivity contribution in [2.24, 2.45) is 9.98 Å². The van der Waals surface area contributed by atoms with Crippen molar-refractivity contribution in [2.45, 2.75) is 20.8 Å². The molecule has 0 fully saturated rings. The summed E-state index contributed by atoms with van der Waals surface area (Å²) in [5.74, 6) is 0.885. The second-order valence-corrected chi connectivity index (χ2v) is 4.46. The minimum Gasteiger partial charge on any atom is -0.344 e. The topological polar surface area (TPSA) is 36.8 Å². The number of benzene rings is 1. The Labute approximate surface area is 127 Å². The molecule has 1 aromatic rings. The smallest absolute Gasteiger partial charge is 0.0972 e. The predicted octanol–water partition coefficient (Wildman–Crippen LogP) is 4.30. The van der Waals surface area contributed by atoms with Crippen LogP contribution in [-0.4, -0.2) is 19.6 Å². The summed E-state index contributed by atoms with van der Waals surface area (Å²) in [5.41, 5.74) is 4.42. The fourth-order valence-electron chi connectivity index (χ4n) is 1.92. The molecule has 0 aliphatic heterocycles. The van der Waals surface area contributed by atoms with Gasteiger partial charge in [-0.05, 0) is 56.3 Å². The van der Waals surface area contributed by atoms with Crippen LogP contribution in [0.4, 0.5) is 0 Å². The summed E-state index contributed by atoms with van der Waals surface area (Å²) in [6, 6.07) is 8.36. The molecule has 0 saturated carbocycles. The van der Waals surface area contributed by atoms with Gasteiger partial charge in [-0.3, -0.25) is 9.98 Å². The molecule has 0 bridgehead atoms. The van der Waals surface area contributed by atoms with Crippen LogP contribution in [0.1, 0.15) is 31.9 Å². The molecule has 0 radical (unpaired) electrons. The minimum absolute atomic E-state index is 0.885. The molecular weight excluding hydrogens is 258 g/mol. The number of amidine groups is 1. The lowest BCUT2D eigenvalue weighted by molar-refractivity contribution is 1.22. The Kier molecular flexibility index (Phi) is 6.88. The summed E-state index contributed by atoms with van der Waals surface area (Å²) in [5, 5.41) is 3.31. The van der Waals surface area contributed by atoms with E-state index in [4.69, 9.17) is 0 Å². The predicted molar refractivity (Wildman–Crippen MR) is 94.6 cm³/mol. The molecular formula is C18H23N3. The Balaban J connectivity index is 3.15. The maximum Gasteiger partial charge on any atom is 0.0972 e. The van der Waals surface area contributed by atoms with Crippen LogP contribution in [0.5, 0.6) is 0 Å². The Morgan fingerprint density at radius 1 is 1.19 bits per heavy atom. The normalized spacial score (nSPS) is 13.6. The Hall–Kier alpha value is -2.42. The summed E-state index contributed by atoms with van der Waals surface area (Å²) in [6.07, 6.45) is 7.75. The maximum atomic E-state index is 4.14. The van der Waals surface area contributed by atoms with Crippen molar-refractivity contribution in [1.82, 2.24) is 5.32 Å². The highest BCUT2D eigenvalue weighted by molar-refractivity contribution is 5.89. The summed E-state index contributed by atoms with van der Waals surface area (Å²) >= 11 is 0. The Bertz CT molecular complexity index is 605.